The Bertz CT molecular complexity index is 305. The second-order valence-corrected chi connectivity index (χ2v) is 5.26. The smallest absolute Gasteiger partial charge is 0.330 e. The van der Waals surface area contributed by atoms with Crippen LogP contribution in [0, 0.1) is 0 Å². The molecule has 0 saturated heterocycles. The van der Waals surface area contributed by atoms with Crippen LogP contribution in [0.1, 0.15) is 13.8 Å². The number of carboxylic acids is 1. The van der Waals surface area contributed by atoms with Crippen molar-refractivity contribution in [3.63, 3.8) is 0 Å². The number of hydrogen-bond donors (Lipinski definition) is 3. The molecule has 0 spiro atoms. The van der Waals surface area contributed by atoms with E-state index in [9.17, 15) is 9.36 Å². The molecule has 0 aliphatic carbocycles. The lowest BCUT2D eigenvalue weighted by atomic mass is 10.4. The predicted octanol–water partition coefficient (Wildman–Crippen LogP) is 1.40. The van der Waals surface area contributed by atoms with E-state index in [0.29, 0.717) is 6.61 Å². The summed E-state index contributed by atoms with van der Waals surface area (Å²) in [4.78, 5) is 26.4. The summed E-state index contributed by atoms with van der Waals surface area (Å²) in [5.74, 6) is -0.935. The molecule has 0 aromatic rings. The second-order valence-electron chi connectivity index (χ2n) is 3.48. The maximum atomic E-state index is 10.3. The van der Waals surface area contributed by atoms with Crippen LogP contribution >= 0.6 is 7.60 Å². The molecule has 0 aliphatic rings. The Balaban J connectivity index is 0. The van der Waals surface area contributed by atoms with Gasteiger partial charge in [-0.25, -0.2) is 4.79 Å². The maximum absolute atomic E-state index is 10.3. The highest BCUT2D eigenvalue weighted by atomic mass is 31.2. The molecule has 0 unspecified atom stereocenters. The van der Waals surface area contributed by atoms with Gasteiger partial charge in [0.15, 0.2) is 0 Å². The molecule has 0 rings (SSSR count). The average molecular weight is 266 g/mol. The van der Waals surface area contributed by atoms with Gasteiger partial charge in [0.2, 0.25) is 0 Å². The molecule has 0 heterocycles. The van der Waals surface area contributed by atoms with Gasteiger partial charge in [0.1, 0.15) is 0 Å². The van der Waals surface area contributed by atoms with Crippen molar-refractivity contribution in [2.24, 2.45) is 0 Å². The number of carbonyl (C=O) groups is 1. The fourth-order valence-electron chi connectivity index (χ4n) is 0.430. The summed E-state index contributed by atoms with van der Waals surface area (Å²) in [6.07, 6.45) is -0.222. The summed E-state index contributed by atoms with van der Waals surface area (Å²) < 4.78 is 15.1. The van der Waals surface area contributed by atoms with Crippen molar-refractivity contribution in [3.8, 4) is 0 Å². The molecule has 0 saturated carbocycles. The normalized spacial score (nSPS) is 10.1. The Labute approximate surface area is 101 Å². The fraction of sp³-hybridized carbons (Fsp3) is 0.500. The molecule has 0 aliphatic heterocycles. The molecule has 17 heavy (non-hydrogen) atoms. The molecular formula is C10H19O6P. The van der Waals surface area contributed by atoms with Gasteiger partial charge in [0, 0.05) is 5.57 Å². The van der Waals surface area contributed by atoms with Crippen molar-refractivity contribution in [2.75, 3.05) is 19.4 Å². The summed E-state index contributed by atoms with van der Waals surface area (Å²) in [6, 6.07) is 0. The molecular weight excluding hydrogens is 247 g/mol. The van der Waals surface area contributed by atoms with E-state index in [0.717, 1.165) is 5.57 Å². The SMILES string of the molecule is C=C(C)C(=O)O.C=C(C)COCCP(=O)(O)O. The van der Waals surface area contributed by atoms with Crippen molar-refractivity contribution >= 4 is 13.6 Å². The van der Waals surface area contributed by atoms with Crippen molar-refractivity contribution in [3.05, 3.63) is 24.3 Å². The van der Waals surface area contributed by atoms with Crippen LogP contribution in [0.15, 0.2) is 24.3 Å². The number of hydrogen-bond acceptors (Lipinski definition) is 3. The fourth-order valence-corrected chi connectivity index (χ4v) is 0.797. The number of carboxylic acid groups (broad SMARTS) is 1. The van der Waals surface area contributed by atoms with E-state index in [2.05, 4.69) is 13.2 Å². The molecule has 7 heteroatoms. The van der Waals surface area contributed by atoms with E-state index in [1.807, 2.05) is 0 Å². The van der Waals surface area contributed by atoms with Gasteiger partial charge in [0.25, 0.3) is 0 Å². The Hall–Kier alpha value is -0.940. The zero-order valence-corrected chi connectivity index (χ0v) is 10.9. The summed E-state index contributed by atoms with van der Waals surface area (Å²) in [7, 11) is -3.88. The highest BCUT2D eigenvalue weighted by molar-refractivity contribution is 7.51. The number of rotatable bonds is 6. The minimum absolute atomic E-state index is 0.0805. The quantitative estimate of drug-likeness (QED) is 0.290. The lowest BCUT2D eigenvalue weighted by Gasteiger charge is -2.04. The van der Waals surface area contributed by atoms with Gasteiger partial charge in [-0.15, -0.1) is 0 Å². The van der Waals surface area contributed by atoms with Crippen molar-refractivity contribution in [1.82, 2.24) is 0 Å². The predicted molar refractivity (Wildman–Crippen MR) is 65.0 cm³/mol. The third-order valence-electron chi connectivity index (χ3n) is 1.24. The van der Waals surface area contributed by atoms with Gasteiger partial charge in [0.05, 0.1) is 19.4 Å². The second kappa shape index (κ2) is 9.13. The largest absolute Gasteiger partial charge is 0.478 e. The molecule has 0 amide bonds. The third kappa shape index (κ3) is 21.0. The Morgan fingerprint density at radius 2 is 1.71 bits per heavy atom. The van der Waals surface area contributed by atoms with Crippen molar-refractivity contribution in [1.29, 1.82) is 0 Å². The first kappa shape index (κ1) is 18.4. The van der Waals surface area contributed by atoms with Crippen LogP contribution in [-0.4, -0.2) is 40.2 Å². The van der Waals surface area contributed by atoms with E-state index in [1.165, 1.54) is 6.92 Å². The van der Waals surface area contributed by atoms with Crippen LogP contribution in [0.2, 0.25) is 0 Å². The van der Waals surface area contributed by atoms with Gasteiger partial charge in [-0.05, 0) is 13.8 Å². The minimum atomic E-state index is -3.88. The standard InChI is InChI=1S/C6H13O4P.C4H6O2/c1-6(2)5-10-3-4-11(7,8)9;1-3(2)4(5)6/h1,3-5H2,2H3,(H2,7,8,9);1H2,2H3,(H,5,6). The van der Waals surface area contributed by atoms with Gasteiger partial charge in [-0.1, -0.05) is 18.7 Å². The molecule has 6 nitrogen and oxygen atoms in total. The first-order chi connectivity index (χ1) is 7.56. The van der Waals surface area contributed by atoms with Crippen LogP contribution < -0.4 is 0 Å². The van der Waals surface area contributed by atoms with E-state index >= 15 is 0 Å². The molecule has 0 radical (unpaired) electrons. The maximum Gasteiger partial charge on any atom is 0.330 e. The Morgan fingerprint density at radius 3 is 1.94 bits per heavy atom. The average Bonchev–Trinajstić information content (AvgIpc) is 2.11. The van der Waals surface area contributed by atoms with Crippen LogP contribution in [0.25, 0.3) is 0 Å². The van der Waals surface area contributed by atoms with Crippen LogP contribution in [-0.2, 0) is 14.1 Å². The zero-order valence-electron chi connectivity index (χ0n) is 10.0. The van der Waals surface area contributed by atoms with Crippen LogP contribution in [0.5, 0.6) is 0 Å². The summed E-state index contributed by atoms with van der Waals surface area (Å²) >= 11 is 0. The van der Waals surface area contributed by atoms with Crippen LogP contribution in [0.3, 0.4) is 0 Å². The molecule has 3 N–H and O–H groups in total. The van der Waals surface area contributed by atoms with E-state index in [1.54, 1.807) is 6.92 Å². The molecule has 0 aromatic heterocycles. The third-order valence-corrected chi connectivity index (χ3v) is 2.01. The molecule has 0 atom stereocenters. The van der Waals surface area contributed by atoms with Gasteiger partial charge in [-0.3, -0.25) is 4.57 Å². The van der Waals surface area contributed by atoms with Gasteiger partial charge < -0.3 is 19.6 Å². The molecule has 0 bridgehead atoms. The highest BCUT2D eigenvalue weighted by Crippen LogP contribution is 2.33. The van der Waals surface area contributed by atoms with E-state index in [-0.39, 0.29) is 18.3 Å². The van der Waals surface area contributed by atoms with Gasteiger partial charge in [-0.2, -0.15) is 0 Å². The van der Waals surface area contributed by atoms with Gasteiger partial charge >= 0.3 is 13.6 Å². The molecule has 100 valence electrons. The minimum Gasteiger partial charge on any atom is -0.478 e. The summed E-state index contributed by atoms with van der Waals surface area (Å²) in [6.45, 7) is 10.4. The first-order valence-corrected chi connectivity index (χ1v) is 6.51. The molecule has 0 aromatic carbocycles. The van der Waals surface area contributed by atoms with E-state index < -0.39 is 13.6 Å². The number of aliphatic carboxylic acids is 1. The van der Waals surface area contributed by atoms with Crippen molar-refractivity contribution in [2.45, 2.75) is 13.8 Å². The number of ether oxygens (including phenoxy) is 1. The monoisotopic (exact) mass is 266 g/mol. The molecule has 0 fully saturated rings. The lowest BCUT2D eigenvalue weighted by molar-refractivity contribution is -0.132. The Morgan fingerprint density at radius 1 is 1.29 bits per heavy atom. The highest BCUT2D eigenvalue weighted by Gasteiger charge is 2.11. The van der Waals surface area contributed by atoms with Crippen molar-refractivity contribution < 1.29 is 29.0 Å². The lowest BCUT2D eigenvalue weighted by Crippen LogP contribution is -2.02. The topological polar surface area (TPSA) is 104 Å². The van der Waals surface area contributed by atoms with E-state index in [4.69, 9.17) is 19.6 Å². The summed E-state index contributed by atoms with van der Waals surface area (Å²) in [5, 5.41) is 7.89. The van der Waals surface area contributed by atoms with Crippen LogP contribution in [0.4, 0.5) is 0 Å². The first-order valence-electron chi connectivity index (χ1n) is 4.71. The zero-order chi connectivity index (χ0) is 14.1. The summed E-state index contributed by atoms with van der Waals surface area (Å²) in [5.41, 5.74) is 1.02. The Kier molecular flexibility index (Phi) is 9.89.